The van der Waals surface area contributed by atoms with Gasteiger partial charge in [0.05, 0.1) is 25.0 Å². The number of thioether (sulfide) groups is 1. The summed E-state index contributed by atoms with van der Waals surface area (Å²) < 4.78 is 6.47. The molecule has 1 N–H and O–H groups in total. The lowest BCUT2D eigenvalue weighted by Gasteiger charge is -2.26. The molecular formula is C11H15N3O4S. The van der Waals surface area contributed by atoms with E-state index < -0.39 is 0 Å². The summed E-state index contributed by atoms with van der Waals surface area (Å²) in [4.78, 5) is 28.9. The summed E-state index contributed by atoms with van der Waals surface area (Å²) in [6.45, 7) is 2.29. The van der Waals surface area contributed by atoms with E-state index in [9.17, 15) is 14.7 Å². The molecule has 0 bridgehead atoms. The van der Waals surface area contributed by atoms with E-state index >= 15 is 0 Å². The largest absolute Gasteiger partial charge is 0.493 e. The van der Waals surface area contributed by atoms with Gasteiger partial charge < -0.3 is 14.7 Å². The minimum Gasteiger partial charge on any atom is -0.493 e. The van der Waals surface area contributed by atoms with Crippen LogP contribution in [0.25, 0.3) is 0 Å². The zero-order valence-corrected chi connectivity index (χ0v) is 11.4. The third-order valence-corrected chi connectivity index (χ3v) is 3.78. The number of hydrogen-bond donors (Lipinski definition) is 1. The number of aromatic nitrogens is 2. The number of ether oxygens (including phenoxy) is 1. The molecule has 0 spiro atoms. The number of hydrogen-bond acceptors (Lipinski definition) is 6. The van der Waals surface area contributed by atoms with Crippen LogP contribution in [0.2, 0.25) is 0 Å². The van der Waals surface area contributed by atoms with Gasteiger partial charge in [-0.3, -0.25) is 14.2 Å². The lowest BCUT2D eigenvalue weighted by molar-refractivity contribution is -0.132. The smallest absolute Gasteiger partial charge is 0.257 e. The van der Waals surface area contributed by atoms with Gasteiger partial charge in [-0.15, -0.1) is 0 Å². The molecule has 1 saturated heterocycles. The molecule has 1 aliphatic heterocycles. The summed E-state index contributed by atoms with van der Waals surface area (Å²) >= 11 is 1.14. The first-order valence-corrected chi connectivity index (χ1v) is 6.82. The molecule has 1 fully saturated rings. The maximum Gasteiger partial charge on any atom is 0.257 e. The molecule has 104 valence electrons. The third kappa shape index (κ3) is 3.48. The molecule has 0 aliphatic carbocycles. The zero-order chi connectivity index (χ0) is 13.8. The van der Waals surface area contributed by atoms with E-state index in [0.29, 0.717) is 31.5 Å². The van der Waals surface area contributed by atoms with E-state index in [1.165, 1.54) is 4.57 Å². The molecule has 0 atom stereocenters. The second kappa shape index (κ2) is 6.07. The Bertz CT molecular complexity index is 525. The van der Waals surface area contributed by atoms with Crippen LogP contribution in [-0.4, -0.2) is 57.5 Å². The molecule has 8 heteroatoms. The number of aromatic hydroxyl groups is 1. The van der Waals surface area contributed by atoms with Crippen LogP contribution in [-0.2, 0) is 16.6 Å². The standard InChI is InChI=1S/C11H15N3O4S/c1-13-9(16)6-8(15)12-11(13)19-7-10(17)14-2-4-18-5-3-14/h6,15H,2-5,7H2,1H3. The van der Waals surface area contributed by atoms with Crippen molar-refractivity contribution in [3.05, 3.63) is 16.4 Å². The van der Waals surface area contributed by atoms with Gasteiger partial charge in [-0.2, -0.15) is 4.98 Å². The van der Waals surface area contributed by atoms with Crippen molar-refractivity contribution >= 4 is 17.7 Å². The van der Waals surface area contributed by atoms with Crippen LogP contribution in [0.5, 0.6) is 5.88 Å². The van der Waals surface area contributed by atoms with Gasteiger partial charge in [0.15, 0.2) is 5.16 Å². The fourth-order valence-electron chi connectivity index (χ4n) is 1.67. The average Bonchev–Trinajstić information content (AvgIpc) is 2.41. The van der Waals surface area contributed by atoms with Crippen LogP contribution < -0.4 is 5.56 Å². The summed E-state index contributed by atoms with van der Waals surface area (Å²) in [6.07, 6.45) is 0. The Morgan fingerprint density at radius 1 is 1.53 bits per heavy atom. The predicted octanol–water partition coefficient (Wildman–Crippen LogP) is -0.563. The van der Waals surface area contributed by atoms with Crippen LogP contribution in [0, 0.1) is 0 Å². The lowest BCUT2D eigenvalue weighted by atomic mass is 10.4. The first-order valence-electron chi connectivity index (χ1n) is 5.83. The molecule has 0 saturated carbocycles. The van der Waals surface area contributed by atoms with Crippen LogP contribution in [0.4, 0.5) is 0 Å². The molecule has 1 aliphatic rings. The minimum atomic E-state index is -0.353. The lowest BCUT2D eigenvalue weighted by Crippen LogP contribution is -2.41. The molecule has 0 unspecified atom stereocenters. The number of nitrogens with zero attached hydrogens (tertiary/aromatic N) is 3. The van der Waals surface area contributed by atoms with E-state index in [-0.39, 0.29) is 23.1 Å². The second-order valence-corrected chi connectivity index (χ2v) is 5.02. The van der Waals surface area contributed by atoms with Crippen molar-refractivity contribution in [2.45, 2.75) is 5.16 Å². The normalized spacial score (nSPS) is 15.5. The molecule has 19 heavy (non-hydrogen) atoms. The fraction of sp³-hybridized carbons (Fsp3) is 0.545. The highest BCUT2D eigenvalue weighted by Crippen LogP contribution is 2.16. The molecule has 1 aromatic rings. The van der Waals surface area contributed by atoms with Gasteiger partial charge in [-0.05, 0) is 0 Å². The number of rotatable bonds is 3. The van der Waals surface area contributed by atoms with Gasteiger partial charge in [0.25, 0.3) is 5.56 Å². The van der Waals surface area contributed by atoms with E-state index in [4.69, 9.17) is 4.74 Å². The third-order valence-electron chi connectivity index (χ3n) is 2.77. The monoisotopic (exact) mass is 285 g/mol. The number of amides is 1. The number of carbonyl (C=O) groups excluding carboxylic acids is 1. The number of carbonyl (C=O) groups is 1. The van der Waals surface area contributed by atoms with E-state index in [1.807, 2.05) is 0 Å². The SMILES string of the molecule is Cn1c(SCC(=O)N2CCOCC2)nc(O)cc1=O. The fourth-order valence-corrected chi connectivity index (χ4v) is 2.54. The Morgan fingerprint density at radius 3 is 2.89 bits per heavy atom. The molecule has 2 heterocycles. The summed E-state index contributed by atoms with van der Waals surface area (Å²) in [5.41, 5.74) is -0.353. The maximum absolute atomic E-state index is 11.9. The molecule has 1 amide bonds. The molecule has 2 rings (SSSR count). The zero-order valence-electron chi connectivity index (χ0n) is 10.5. The maximum atomic E-state index is 11.9. The van der Waals surface area contributed by atoms with Crippen molar-refractivity contribution < 1.29 is 14.6 Å². The molecule has 0 radical (unpaired) electrons. The quantitative estimate of drug-likeness (QED) is 0.592. The Morgan fingerprint density at radius 2 is 2.21 bits per heavy atom. The minimum absolute atomic E-state index is 0.0223. The van der Waals surface area contributed by atoms with Crippen molar-refractivity contribution in [2.75, 3.05) is 32.1 Å². The van der Waals surface area contributed by atoms with Crippen molar-refractivity contribution in [1.29, 1.82) is 0 Å². The topological polar surface area (TPSA) is 84.7 Å². The van der Waals surface area contributed by atoms with Crippen molar-refractivity contribution in [3.8, 4) is 5.88 Å². The van der Waals surface area contributed by atoms with Crippen LogP contribution in [0.1, 0.15) is 0 Å². The van der Waals surface area contributed by atoms with E-state index in [2.05, 4.69) is 4.98 Å². The van der Waals surface area contributed by atoms with Gasteiger partial charge in [-0.1, -0.05) is 11.8 Å². The van der Waals surface area contributed by atoms with Gasteiger partial charge in [-0.25, -0.2) is 0 Å². The number of morpholine rings is 1. The van der Waals surface area contributed by atoms with E-state index in [0.717, 1.165) is 17.8 Å². The predicted molar refractivity (Wildman–Crippen MR) is 69.3 cm³/mol. The molecular weight excluding hydrogens is 270 g/mol. The van der Waals surface area contributed by atoms with Crippen LogP contribution in [0.15, 0.2) is 16.0 Å². The second-order valence-electron chi connectivity index (χ2n) is 4.08. The van der Waals surface area contributed by atoms with Gasteiger partial charge in [0, 0.05) is 20.1 Å². The Labute approximate surface area is 114 Å². The van der Waals surface area contributed by atoms with Crippen LogP contribution >= 0.6 is 11.8 Å². The Kier molecular flexibility index (Phi) is 4.43. The molecule has 0 aromatic carbocycles. The van der Waals surface area contributed by atoms with Crippen LogP contribution in [0.3, 0.4) is 0 Å². The van der Waals surface area contributed by atoms with Crippen molar-refractivity contribution in [1.82, 2.24) is 14.5 Å². The van der Waals surface area contributed by atoms with Crippen molar-refractivity contribution in [3.63, 3.8) is 0 Å². The van der Waals surface area contributed by atoms with Crippen molar-refractivity contribution in [2.24, 2.45) is 7.05 Å². The van der Waals surface area contributed by atoms with Gasteiger partial charge in [0.1, 0.15) is 0 Å². The molecule has 7 nitrogen and oxygen atoms in total. The Hall–Kier alpha value is -1.54. The average molecular weight is 285 g/mol. The first kappa shape index (κ1) is 13.9. The summed E-state index contributed by atoms with van der Waals surface area (Å²) in [5, 5.41) is 9.61. The highest BCUT2D eigenvalue weighted by molar-refractivity contribution is 7.99. The van der Waals surface area contributed by atoms with E-state index in [1.54, 1.807) is 11.9 Å². The van der Waals surface area contributed by atoms with Gasteiger partial charge >= 0.3 is 0 Å². The first-order chi connectivity index (χ1) is 9.08. The highest BCUT2D eigenvalue weighted by Gasteiger charge is 2.17. The highest BCUT2D eigenvalue weighted by atomic mass is 32.2. The van der Waals surface area contributed by atoms with Gasteiger partial charge in [0.2, 0.25) is 11.8 Å². The summed E-state index contributed by atoms with van der Waals surface area (Å²) in [7, 11) is 1.55. The Balaban J connectivity index is 1.98. The molecule has 1 aromatic heterocycles. The summed E-state index contributed by atoms with van der Waals surface area (Å²) in [5.74, 6) is -0.167. The summed E-state index contributed by atoms with van der Waals surface area (Å²) in [6, 6.07) is 1.04.